The summed E-state index contributed by atoms with van der Waals surface area (Å²) in [5.41, 5.74) is 2.10. The van der Waals surface area contributed by atoms with Crippen LogP contribution in [0.2, 0.25) is 5.02 Å². The van der Waals surface area contributed by atoms with Gasteiger partial charge in [0.25, 0.3) is 0 Å². The van der Waals surface area contributed by atoms with Crippen LogP contribution in [0, 0.1) is 0 Å². The number of hydrogen-bond acceptors (Lipinski definition) is 5. The summed E-state index contributed by atoms with van der Waals surface area (Å²) >= 11 is 7.41. The van der Waals surface area contributed by atoms with E-state index in [0.29, 0.717) is 34.9 Å². The van der Waals surface area contributed by atoms with Crippen LogP contribution in [0.15, 0.2) is 82.6 Å². The summed E-state index contributed by atoms with van der Waals surface area (Å²) < 4.78 is 7.51. The fourth-order valence-electron chi connectivity index (χ4n) is 3.13. The second kappa shape index (κ2) is 9.85. The minimum absolute atomic E-state index is 0.00112. The molecule has 0 spiro atoms. The van der Waals surface area contributed by atoms with Gasteiger partial charge in [-0.25, -0.2) is 0 Å². The third-order valence-electron chi connectivity index (χ3n) is 4.70. The lowest BCUT2D eigenvalue weighted by Gasteiger charge is -2.17. The first-order valence-electron chi connectivity index (χ1n) is 9.72. The first-order valence-corrected chi connectivity index (χ1v) is 11.1. The zero-order valence-electron chi connectivity index (χ0n) is 16.9. The number of halogens is 1. The molecule has 0 aliphatic heterocycles. The number of amides is 1. The molecule has 0 unspecified atom stereocenters. The van der Waals surface area contributed by atoms with Crippen molar-refractivity contribution in [3.63, 3.8) is 0 Å². The Bertz CT molecular complexity index is 1150. The van der Waals surface area contributed by atoms with Gasteiger partial charge in [-0.2, -0.15) is 0 Å². The number of hydrogen-bond donors (Lipinski definition) is 0. The molecule has 0 bridgehead atoms. The van der Waals surface area contributed by atoms with E-state index in [0.717, 1.165) is 11.1 Å². The molecule has 158 valence electrons. The van der Waals surface area contributed by atoms with Crippen molar-refractivity contribution in [2.75, 3.05) is 12.8 Å². The third kappa shape index (κ3) is 5.37. The highest BCUT2D eigenvalue weighted by molar-refractivity contribution is 7.99. The van der Waals surface area contributed by atoms with Gasteiger partial charge >= 0.3 is 0 Å². The maximum atomic E-state index is 12.7. The second-order valence-electron chi connectivity index (χ2n) is 7.02. The van der Waals surface area contributed by atoms with Crippen LogP contribution < -0.4 is 0 Å². The van der Waals surface area contributed by atoms with Crippen LogP contribution in [0.5, 0.6) is 0 Å². The first kappa shape index (κ1) is 21.2. The van der Waals surface area contributed by atoms with E-state index in [4.69, 9.17) is 16.0 Å². The molecule has 4 aromatic rings. The first-order chi connectivity index (χ1) is 15.1. The fraction of sp³-hybridized carbons (Fsp3) is 0.174. The number of rotatable bonds is 8. The van der Waals surface area contributed by atoms with Crippen molar-refractivity contribution in [1.29, 1.82) is 0 Å². The third-order valence-corrected chi connectivity index (χ3v) is 5.89. The van der Waals surface area contributed by atoms with Crippen molar-refractivity contribution in [1.82, 2.24) is 19.7 Å². The molecule has 0 aliphatic rings. The van der Waals surface area contributed by atoms with Gasteiger partial charge in [0.2, 0.25) is 11.7 Å². The van der Waals surface area contributed by atoms with Crippen molar-refractivity contribution < 1.29 is 9.21 Å². The average molecular weight is 453 g/mol. The zero-order chi connectivity index (χ0) is 21.6. The summed E-state index contributed by atoms with van der Waals surface area (Å²) in [7, 11) is 1.78. The minimum atomic E-state index is -0.00112. The Morgan fingerprint density at radius 1 is 1.06 bits per heavy atom. The lowest BCUT2D eigenvalue weighted by atomic mass is 10.2. The minimum Gasteiger partial charge on any atom is -0.461 e. The van der Waals surface area contributed by atoms with Gasteiger partial charge in [-0.1, -0.05) is 65.8 Å². The molecule has 0 saturated carbocycles. The Labute approximate surface area is 189 Å². The summed E-state index contributed by atoms with van der Waals surface area (Å²) in [6.07, 6.45) is 1.61. The van der Waals surface area contributed by atoms with Crippen molar-refractivity contribution >= 4 is 29.3 Å². The standard InChI is InChI=1S/C23H21ClN4O2S/c1-27(14-18-9-5-10-19(24)13-18)21(29)16-31-23-26-25-22(20-11-6-12-30-20)28(23)15-17-7-3-2-4-8-17/h2-13H,14-16H2,1H3. The van der Waals surface area contributed by atoms with Gasteiger partial charge in [-0.05, 0) is 35.4 Å². The highest BCUT2D eigenvalue weighted by Gasteiger charge is 2.19. The topological polar surface area (TPSA) is 64.2 Å². The predicted molar refractivity (Wildman–Crippen MR) is 122 cm³/mol. The van der Waals surface area contributed by atoms with E-state index in [1.807, 2.05) is 71.3 Å². The molecule has 0 radical (unpaired) electrons. The van der Waals surface area contributed by atoms with E-state index < -0.39 is 0 Å². The number of furan rings is 1. The molecule has 0 atom stereocenters. The largest absolute Gasteiger partial charge is 0.461 e. The van der Waals surface area contributed by atoms with Crippen molar-refractivity contribution in [2.45, 2.75) is 18.2 Å². The maximum Gasteiger partial charge on any atom is 0.233 e. The van der Waals surface area contributed by atoms with Gasteiger partial charge in [0.05, 0.1) is 18.6 Å². The summed E-state index contributed by atoms with van der Waals surface area (Å²) in [6, 6.07) is 21.2. The van der Waals surface area contributed by atoms with Crippen LogP contribution in [0.4, 0.5) is 0 Å². The predicted octanol–water partition coefficient (Wildman–Crippen LogP) is 4.99. The average Bonchev–Trinajstić information content (AvgIpc) is 3.43. The molecule has 8 heteroatoms. The SMILES string of the molecule is CN(Cc1cccc(Cl)c1)C(=O)CSc1nnc(-c2ccco2)n1Cc1ccccc1. The van der Waals surface area contributed by atoms with E-state index in [1.54, 1.807) is 18.2 Å². The van der Waals surface area contributed by atoms with Gasteiger partial charge in [0, 0.05) is 18.6 Å². The van der Waals surface area contributed by atoms with Crippen molar-refractivity contribution in [3.8, 4) is 11.6 Å². The van der Waals surface area contributed by atoms with E-state index >= 15 is 0 Å². The molecule has 0 saturated heterocycles. The molecular weight excluding hydrogens is 432 g/mol. The maximum absolute atomic E-state index is 12.7. The molecule has 2 aromatic heterocycles. The number of thioether (sulfide) groups is 1. The van der Waals surface area contributed by atoms with E-state index in [2.05, 4.69) is 10.2 Å². The van der Waals surface area contributed by atoms with Gasteiger partial charge in [0.1, 0.15) is 0 Å². The smallest absolute Gasteiger partial charge is 0.233 e. The van der Waals surface area contributed by atoms with Crippen LogP contribution in [-0.2, 0) is 17.9 Å². The number of nitrogens with zero attached hydrogens (tertiary/aromatic N) is 4. The van der Waals surface area contributed by atoms with Gasteiger partial charge in [-0.15, -0.1) is 10.2 Å². The molecule has 6 nitrogen and oxygen atoms in total. The van der Waals surface area contributed by atoms with E-state index in [1.165, 1.54) is 11.8 Å². The zero-order valence-corrected chi connectivity index (χ0v) is 18.5. The van der Waals surface area contributed by atoms with Crippen LogP contribution in [0.25, 0.3) is 11.6 Å². The highest BCUT2D eigenvalue weighted by atomic mass is 35.5. The normalized spacial score (nSPS) is 10.9. The molecule has 0 aliphatic carbocycles. The van der Waals surface area contributed by atoms with Crippen molar-refractivity contribution in [2.24, 2.45) is 0 Å². The van der Waals surface area contributed by atoms with Crippen LogP contribution >= 0.6 is 23.4 Å². The second-order valence-corrected chi connectivity index (χ2v) is 8.40. The fourth-order valence-corrected chi connectivity index (χ4v) is 4.22. The Morgan fingerprint density at radius 2 is 1.87 bits per heavy atom. The molecule has 2 heterocycles. The molecule has 4 rings (SSSR count). The lowest BCUT2D eigenvalue weighted by Crippen LogP contribution is -2.27. The van der Waals surface area contributed by atoms with E-state index in [-0.39, 0.29) is 11.7 Å². The molecule has 0 N–H and O–H groups in total. The Kier molecular flexibility index (Phi) is 6.74. The van der Waals surface area contributed by atoms with E-state index in [9.17, 15) is 4.79 Å². The van der Waals surface area contributed by atoms with Gasteiger partial charge in [0.15, 0.2) is 10.9 Å². The molecule has 1 amide bonds. The van der Waals surface area contributed by atoms with Crippen LogP contribution in [-0.4, -0.2) is 38.4 Å². The van der Waals surface area contributed by atoms with Gasteiger partial charge < -0.3 is 9.32 Å². The number of aromatic nitrogens is 3. The summed E-state index contributed by atoms with van der Waals surface area (Å²) in [4.78, 5) is 14.4. The van der Waals surface area contributed by atoms with Gasteiger partial charge in [-0.3, -0.25) is 9.36 Å². The Balaban J connectivity index is 1.48. The summed E-state index contributed by atoms with van der Waals surface area (Å²) in [5, 5.41) is 9.96. The number of carbonyl (C=O) groups is 1. The van der Waals surface area contributed by atoms with Crippen LogP contribution in [0.1, 0.15) is 11.1 Å². The molecular formula is C23H21ClN4O2S. The summed E-state index contributed by atoms with van der Waals surface area (Å²) in [6.45, 7) is 1.08. The molecule has 31 heavy (non-hydrogen) atoms. The van der Waals surface area contributed by atoms with Crippen molar-refractivity contribution in [3.05, 3.63) is 89.1 Å². The monoisotopic (exact) mass is 452 g/mol. The highest BCUT2D eigenvalue weighted by Crippen LogP contribution is 2.26. The Hall–Kier alpha value is -3.03. The summed E-state index contributed by atoms with van der Waals surface area (Å²) in [5.74, 6) is 1.52. The molecule has 0 fully saturated rings. The Morgan fingerprint density at radius 3 is 2.61 bits per heavy atom. The quantitative estimate of drug-likeness (QED) is 0.352. The van der Waals surface area contributed by atoms with Crippen LogP contribution in [0.3, 0.4) is 0 Å². The number of benzene rings is 2. The lowest BCUT2D eigenvalue weighted by molar-refractivity contribution is -0.127. The number of carbonyl (C=O) groups excluding carboxylic acids is 1. The molecule has 2 aromatic carbocycles.